The van der Waals surface area contributed by atoms with E-state index in [0.717, 1.165) is 35.6 Å². The normalized spacial score (nSPS) is 10.7. The summed E-state index contributed by atoms with van der Waals surface area (Å²) in [4.78, 5) is 17.1. The first-order valence-corrected chi connectivity index (χ1v) is 8.52. The maximum Gasteiger partial charge on any atom is 0.264 e. The Balaban J connectivity index is 1.54. The zero-order valence-corrected chi connectivity index (χ0v) is 14.0. The average Bonchev–Trinajstić information content (AvgIpc) is 3.25. The highest BCUT2D eigenvalue weighted by atomic mass is 32.1. The highest BCUT2D eigenvalue weighted by Crippen LogP contribution is 2.16. The number of carbonyl (C=O) groups excluding carboxylic acids is 1. The molecule has 1 amide bonds. The molecule has 0 unspecified atom stereocenters. The van der Waals surface area contributed by atoms with Crippen LogP contribution in [0.5, 0.6) is 0 Å². The Labute approximate surface area is 143 Å². The van der Waals surface area contributed by atoms with E-state index >= 15 is 0 Å². The van der Waals surface area contributed by atoms with Crippen LogP contribution in [0, 0.1) is 0 Å². The van der Waals surface area contributed by atoms with E-state index in [0.29, 0.717) is 29.6 Å². The first-order valence-electron chi connectivity index (χ1n) is 7.75. The van der Waals surface area contributed by atoms with Crippen LogP contribution >= 0.6 is 11.5 Å². The van der Waals surface area contributed by atoms with Crippen molar-refractivity contribution in [3.63, 3.8) is 0 Å². The third-order valence-corrected chi connectivity index (χ3v) is 4.14. The quantitative estimate of drug-likeness (QED) is 0.708. The van der Waals surface area contributed by atoms with Gasteiger partial charge in [0.1, 0.15) is 4.88 Å². The van der Waals surface area contributed by atoms with Crippen LogP contribution in [-0.4, -0.2) is 32.2 Å². The summed E-state index contributed by atoms with van der Waals surface area (Å²) in [5, 5.41) is 10.8. The Morgan fingerprint density at radius 3 is 2.88 bits per heavy atom. The molecule has 3 aromatic rings. The molecule has 0 bridgehead atoms. The summed E-state index contributed by atoms with van der Waals surface area (Å²) < 4.78 is 9.10. The highest BCUT2D eigenvalue weighted by Gasteiger charge is 2.15. The van der Waals surface area contributed by atoms with Gasteiger partial charge >= 0.3 is 0 Å². The van der Waals surface area contributed by atoms with Crippen LogP contribution in [0.1, 0.15) is 34.5 Å². The van der Waals surface area contributed by atoms with Crippen LogP contribution < -0.4 is 5.32 Å². The number of aromatic nitrogens is 4. The van der Waals surface area contributed by atoms with E-state index < -0.39 is 0 Å². The third kappa shape index (κ3) is 3.83. The molecule has 0 aliphatic rings. The van der Waals surface area contributed by atoms with E-state index in [1.807, 2.05) is 37.3 Å². The van der Waals surface area contributed by atoms with Gasteiger partial charge in [-0.3, -0.25) is 4.79 Å². The second-order valence-corrected chi connectivity index (χ2v) is 5.94. The second kappa shape index (κ2) is 7.78. The first-order chi connectivity index (χ1) is 11.8. The number of amides is 1. The van der Waals surface area contributed by atoms with Crippen LogP contribution in [0.15, 0.2) is 34.9 Å². The first kappa shape index (κ1) is 16.3. The Kier molecular flexibility index (Phi) is 5.27. The summed E-state index contributed by atoms with van der Waals surface area (Å²) in [6.07, 6.45) is 2.18. The molecule has 124 valence electrons. The molecule has 0 aliphatic carbocycles. The number of hydrogen-bond acceptors (Lipinski definition) is 7. The Bertz CT molecular complexity index is 800. The maximum absolute atomic E-state index is 12.2. The predicted molar refractivity (Wildman–Crippen MR) is 89.7 cm³/mol. The molecule has 0 saturated heterocycles. The zero-order valence-electron chi connectivity index (χ0n) is 13.2. The maximum atomic E-state index is 12.2. The summed E-state index contributed by atoms with van der Waals surface area (Å²) in [5.74, 6) is 0.888. The molecule has 0 aliphatic heterocycles. The summed E-state index contributed by atoms with van der Waals surface area (Å²) in [6.45, 7) is 2.47. The van der Waals surface area contributed by atoms with Gasteiger partial charge in [0.25, 0.3) is 11.8 Å². The number of carbonyl (C=O) groups is 1. The van der Waals surface area contributed by atoms with Crippen molar-refractivity contribution in [2.45, 2.75) is 26.2 Å². The summed E-state index contributed by atoms with van der Waals surface area (Å²) in [5.41, 5.74) is 1.63. The van der Waals surface area contributed by atoms with Crippen LogP contribution in [0.25, 0.3) is 11.5 Å². The van der Waals surface area contributed by atoms with Gasteiger partial charge in [0, 0.05) is 18.5 Å². The van der Waals surface area contributed by atoms with E-state index in [9.17, 15) is 4.79 Å². The topological polar surface area (TPSA) is 93.8 Å². The molecule has 0 saturated carbocycles. The smallest absolute Gasteiger partial charge is 0.264 e. The largest absolute Gasteiger partial charge is 0.351 e. The molecule has 0 radical (unpaired) electrons. The van der Waals surface area contributed by atoms with Crippen molar-refractivity contribution < 1.29 is 9.32 Å². The van der Waals surface area contributed by atoms with Crippen molar-refractivity contribution in [1.29, 1.82) is 0 Å². The lowest BCUT2D eigenvalue weighted by atomic mass is 10.2. The number of hydrogen-bond donors (Lipinski definition) is 1. The molecule has 0 spiro atoms. The van der Waals surface area contributed by atoms with Gasteiger partial charge in [-0.1, -0.05) is 41.2 Å². The molecule has 0 fully saturated rings. The van der Waals surface area contributed by atoms with Gasteiger partial charge in [-0.05, 0) is 30.1 Å². The number of benzene rings is 1. The number of rotatable bonds is 7. The van der Waals surface area contributed by atoms with Crippen LogP contribution in [0.3, 0.4) is 0 Å². The van der Waals surface area contributed by atoms with Crippen LogP contribution in [0.4, 0.5) is 0 Å². The Morgan fingerprint density at radius 1 is 1.25 bits per heavy atom. The molecule has 0 atom stereocenters. The van der Waals surface area contributed by atoms with E-state index in [4.69, 9.17) is 4.52 Å². The number of nitrogens with zero attached hydrogens (tertiary/aromatic N) is 4. The van der Waals surface area contributed by atoms with Crippen molar-refractivity contribution in [2.75, 3.05) is 6.54 Å². The van der Waals surface area contributed by atoms with Gasteiger partial charge in [-0.25, -0.2) is 0 Å². The lowest BCUT2D eigenvalue weighted by Crippen LogP contribution is -2.26. The minimum absolute atomic E-state index is 0.153. The van der Waals surface area contributed by atoms with Crippen molar-refractivity contribution in [1.82, 2.24) is 25.0 Å². The highest BCUT2D eigenvalue weighted by molar-refractivity contribution is 7.08. The molecule has 8 heteroatoms. The molecule has 1 aromatic carbocycles. The van der Waals surface area contributed by atoms with Crippen LogP contribution in [-0.2, 0) is 12.8 Å². The minimum atomic E-state index is -0.153. The van der Waals surface area contributed by atoms with Crippen molar-refractivity contribution >= 4 is 17.4 Å². The van der Waals surface area contributed by atoms with E-state index in [1.165, 1.54) is 0 Å². The predicted octanol–water partition coefficient (Wildman–Crippen LogP) is 2.51. The van der Waals surface area contributed by atoms with Gasteiger partial charge < -0.3 is 9.84 Å². The van der Waals surface area contributed by atoms with Gasteiger partial charge in [0.05, 0.1) is 5.69 Å². The summed E-state index contributed by atoms with van der Waals surface area (Å²) in [6, 6.07) is 9.57. The lowest BCUT2D eigenvalue weighted by molar-refractivity contribution is 0.0957. The van der Waals surface area contributed by atoms with Gasteiger partial charge in [-0.2, -0.15) is 4.98 Å². The molecule has 3 rings (SSSR count). The van der Waals surface area contributed by atoms with E-state index in [-0.39, 0.29) is 5.91 Å². The standard InChI is InChI=1S/C16H17N5O2S/c1-2-6-12-14(24-21-19-12)15(22)17-10-9-13-18-16(23-20-13)11-7-4-3-5-8-11/h3-5,7-8H,2,6,9-10H2,1H3,(H,17,22). The summed E-state index contributed by atoms with van der Waals surface area (Å²) >= 11 is 1.12. The van der Waals surface area contributed by atoms with Crippen molar-refractivity contribution in [2.24, 2.45) is 0 Å². The van der Waals surface area contributed by atoms with Gasteiger partial charge in [0.2, 0.25) is 0 Å². The fourth-order valence-corrected chi connectivity index (χ4v) is 2.83. The van der Waals surface area contributed by atoms with Crippen molar-refractivity contribution in [3.8, 4) is 11.5 Å². The molecule has 7 nitrogen and oxygen atoms in total. The third-order valence-electron chi connectivity index (χ3n) is 3.37. The second-order valence-electron chi connectivity index (χ2n) is 5.19. The lowest BCUT2D eigenvalue weighted by Gasteiger charge is -2.02. The van der Waals surface area contributed by atoms with Gasteiger partial charge in [-0.15, -0.1) is 5.10 Å². The molecule has 2 aromatic heterocycles. The Morgan fingerprint density at radius 2 is 2.08 bits per heavy atom. The Hall–Kier alpha value is -2.61. The SMILES string of the molecule is CCCc1nnsc1C(=O)NCCc1noc(-c2ccccc2)n1. The van der Waals surface area contributed by atoms with E-state index in [2.05, 4.69) is 25.0 Å². The van der Waals surface area contributed by atoms with Crippen LogP contribution in [0.2, 0.25) is 0 Å². The minimum Gasteiger partial charge on any atom is -0.351 e. The summed E-state index contributed by atoms with van der Waals surface area (Å²) in [7, 11) is 0. The fourth-order valence-electron chi connectivity index (χ4n) is 2.20. The average molecular weight is 343 g/mol. The van der Waals surface area contributed by atoms with Crippen molar-refractivity contribution in [3.05, 3.63) is 46.7 Å². The zero-order chi connectivity index (χ0) is 16.8. The fraction of sp³-hybridized carbons (Fsp3) is 0.312. The molecule has 2 heterocycles. The monoisotopic (exact) mass is 343 g/mol. The number of nitrogens with one attached hydrogen (secondary N) is 1. The number of aryl methyl sites for hydroxylation is 1. The molecule has 1 N–H and O–H groups in total. The molecule has 24 heavy (non-hydrogen) atoms. The molecular weight excluding hydrogens is 326 g/mol. The van der Waals surface area contributed by atoms with Gasteiger partial charge in [0.15, 0.2) is 5.82 Å². The van der Waals surface area contributed by atoms with E-state index in [1.54, 1.807) is 0 Å². The molecular formula is C16H17N5O2S.